The predicted molar refractivity (Wildman–Crippen MR) is 56.7 cm³/mol. The minimum absolute atomic E-state index is 0.551. The Kier molecular flexibility index (Phi) is 2.19. The van der Waals surface area contributed by atoms with E-state index in [0.29, 0.717) is 6.04 Å². The molecule has 68 valence electrons. The molecule has 0 aromatic heterocycles. The number of fused-ring (bicyclic) bond motifs is 1. The fourth-order valence-electron chi connectivity index (χ4n) is 2.17. The highest BCUT2D eigenvalue weighted by atomic mass is 14.9. The molecule has 1 aromatic carbocycles. The summed E-state index contributed by atoms with van der Waals surface area (Å²) in [6.07, 6.45) is 4.36. The number of hydrogen-bond donors (Lipinski definition) is 1. The van der Waals surface area contributed by atoms with Crippen LogP contribution in [0.5, 0.6) is 0 Å². The van der Waals surface area contributed by atoms with Gasteiger partial charge in [0, 0.05) is 6.04 Å². The van der Waals surface area contributed by atoms with Gasteiger partial charge in [-0.05, 0) is 36.6 Å². The highest BCUT2D eigenvalue weighted by Gasteiger charge is 2.21. The summed E-state index contributed by atoms with van der Waals surface area (Å²) < 4.78 is 0. The van der Waals surface area contributed by atoms with Gasteiger partial charge in [0.25, 0.3) is 0 Å². The van der Waals surface area contributed by atoms with Crippen molar-refractivity contribution >= 4 is 6.08 Å². The van der Waals surface area contributed by atoms with Gasteiger partial charge in [0.2, 0.25) is 0 Å². The zero-order chi connectivity index (χ0) is 9.26. The second-order valence-electron chi connectivity index (χ2n) is 3.50. The van der Waals surface area contributed by atoms with E-state index >= 15 is 0 Å². The third-order valence-corrected chi connectivity index (χ3v) is 2.88. The van der Waals surface area contributed by atoms with Crippen LogP contribution < -0.4 is 5.32 Å². The molecule has 0 aliphatic heterocycles. The first-order valence-electron chi connectivity index (χ1n) is 4.78. The summed E-state index contributed by atoms with van der Waals surface area (Å²) in [6.45, 7) is 3.84. The summed E-state index contributed by atoms with van der Waals surface area (Å²) in [5.74, 6) is 0. The summed E-state index contributed by atoms with van der Waals surface area (Å²) in [5.41, 5.74) is 4.24. The zero-order valence-corrected chi connectivity index (χ0v) is 8.01. The molecule has 0 spiro atoms. The first kappa shape index (κ1) is 8.52. The van der Waals surface area contributed by atoms with Crippen molar-refractivity contribution in [3.05, 3.63) is 41.5 Å². The molecule has 0 saturated carbocycles. The van der Waals surface area contributed by atoms with Crippen LogP contribution in [0.1, 0.15) is 29.2 Å². The Labute approximate surface area is 79.5 Å². The molecule has 1 aromatic rings. The summed E-state index contributed by atoms with van der Waals surface area (Å²) in [7, 11) is 2.03. The maximum Gasteiger partial charge on any atom is 0.0323 e. The zero-order valence-electron chi connectivity index (χ0n) is 8.01. The third-order valence-electron chi connectivity index (χ3n) is 2.88. The van der Waals surface area contributed by atoms with Crippen molar-refractivity contribution in [3.63, 3.8) is 0 Å². The van der Waals surface area contributed by atoms with Crippen LogP contribution in [-0.4, -0.2) is 7.05 Å². The smallest absolute Gasteiger partial charge is 0.0323 e. The van der Waals surface area contributed by atoms with Gasteiger partial charge < -0.3 is 5.32 Å². The number of nitrogens with one attached hydrogen (secondary N) is 1. The van der Waals surface area contributed by atoms with Crippen molar-refractivity contribution in [1.82, 2.24) is 5.32 Å². The van der Waals surface area contributed by atoms with Crippen molar-refractivity contribution < 1.29 is 0 Å². The molecule has 0 radical (unpaired) electrons. The average Bonchev–Trinajstić information content (AvgIpc) is 2.60. The first-order valence-corrected chi connectivity index (χ1v) is 4.78. The van der Waals surface area contributed by atoms with E-state index in [-0.39, 0.29) is 0 Å². The van der Waals surface area contributed by atoms with Gasteiger partial charge in [-0.2, -0.15) is 0 Å². The number of hydrogen-bond acceptors (Lipinski definition) is 1. The Bertz CT molecular complexity index is 328. The molecule has 1 aliphatic rings. The lowest BCUT2D eigenvalue weighted by atomic mass is 10.0. The Morgan fingerprint density at radius 3 is 3.08 bits per heavy atom. The highest BCUT2D eigenvalue weighted by molar-refractivity contribution is 5.56. The second kappa shape index (κ2) is 3.35. The van der Waals surface area contributed by atoms with Gasteiger partial charge in [-0.25, -0.2) is 0 Å². The molecule has 1 aliphatic carbocycles. The molecule has 13 heavy (non-hydrogen) atoms. The monoisotopic (exact) mass is 173 g/mol. The lowest BCUT2D eigenvalue weighted by molar-refractivity contribution is 0.590. The van der Waals surface area contributed by atoms with Gasteiger partial charge >= 0.3 is 0 Å². The summed E-state index contributed by atoms with van der Waals surface area (Å²) >= 11 is 0. The third kappa shape index (κ3) is 1.29. The first-order chi connectivity index (χ1) is 6.36. The van der Waals surface area contributed by atoms with E-state index in [0.717, 1.165) is 0 Å². The summed E-state index contributed by atoms with van der Waals surface area (Å²) in [5, 5.41) is 3.34. The SMILES string of the molecule is C=Cc1cccc2c1CCC2NC. The van der Waals surface area contributed by atoms with Crippen molar-refractivity contribution in [2.45, 2.75) is 18.9 Å². The van der Waals surface area contributed by atoms with Crippen LogP contribution in [0.2, 0.25) is 0 Å². The maximum absolute atomic E-state index is 3.84. The standard InChI is InChI=1S/C12H15N/c1-3-9-5-4-6-11-10(9)7-8-12(11)13-2/h3-6,12-13H,1,7-8H2,2H3. The number of rotatable bonds is 2. The second-order valence-corrected chi connectivity index (χ2v) is 3.50. The van der Waals surface area contributed by atoms with Crippen LogP contribution in [0.4, 0.5) is 0 Å². The molecule has 1 heteroatoms. The largest absolute Gasteiger partial charge is 0.313 e. The molecule has 1 N–H and O–H groups in total. The molecule has 0 bridgehead atoms. The van der Waals surface area contributed by atoms with Gasteiger partial charge in [0.05, 0.1) is 0 Å². The van der Waals surface area contributed by atoms with Gasteiger partial charge in [-0.3, -0.25) is 0 Å². The van der Waals surface area contributed by atoms with Crippen LogP contribution in [-0.2, 0) is 6.42 Å². The van der Waals surface area contributed by atoms with Crippen LogP contribution in [0.15, 0.2) is 24.8 Å². The van der Waals surface area contributed by atoms with E-state index in [1.54, 1.807) is 0 Å². The maximum atomic E-state index is 3.84. The minimum atomic E-state index is 0.551. The Morgan fingerprint density at radius 1 is 1.54 bits per heavy atom. The van der Waals surface area contributed by atoms with E-state index in [2.05, 4.69) is 30.1 Å². The highest BCUT2D eigenvalue weighted by Crippen LogP contribution is 2.33. The summed E-state index contributed by atoms with van der Waals surface area (Å²) in [6, 6.07) is 7.03. The lowest BCUT2D eigenvalue weighted by Gasteiger charge is -2.10. The lowest BCUT2D eigenvalue weighted by Crippen LogP contribution is -2.12. The normalized spacial score (nSPS) is 19.9. The Balaban J connectivity index is 2.48. The quantitative estimate of drug-likeness (QED) is 0.724. The van der Waals surface area contributed by atoms with E-state index in [9.17, 15) is 0 Å². The number of benzene rings is 1. The summed E-state index contributed by atoms with van der Waals surface area (Å²) in [4.78, 5) is 0. The van der Waals surface area contributed by atoms with Crippen LogP contribution in [0.25, 0.3) is 6.08 Å². The molecule has 0 heterocycles. The van der Waals surface area contributed by atoms with Gasteiger partial charge in [0.1, 0.15) is 0 Å². The molecule has 0 fully saturated rings. The van der Waals surface area contributed by atoms with Gasteiger partial charge in [0.15, 0.2) is 0 Å². The van der Waals surface area contributed by atoms with Gasteiger partial charge in [-0.15, -0.1) is 0 Å². The van der Waals surface area contributed by atoms with E-state index < -0.39 is 0 Å². The molecule has 1 atom stereocenters. The van der Waals surface area contributed by atoms with Crippen molar-refractivity contribution in [2.75, 3.05) is 7.05 Å². The molecule has 1 nitrogen and oxygen atoms in total. The predicted octanol–water partition coefficient (Wildman–Crippen LogP) is 2.54. The molecule has 2 rings (SSSR count). The minimum Gasteiger partial charge on any atom is -0.313 e. The molecular formula is C12H15N. The van der Waals surface area contributed by atoms with Crippen LogP contribution >= 0.6 is 0 Å². The topological polar surface area (TPSA) is 12.0 Å². The fraction of sp³-hybridized carbons (Fsp3) is 0.333. The molecular weight excluding hydrogens is 158 g/mol. The van der Waals surface area contributed by atoms with E-state index in [4.69, 9.17) is 0 Å². The van der Waals surface area contributed by atoms with Crippen molar-refractivity contribution in [2.24, 2.45) is 0 Å². The van der Waals surface area contributed by atoms with Crippen LogP contribution in [0.3, 0.4) is 0 Å². The van der Waals surface area contributed by atoms with Crippen LogP contribution in [0, 0.1) is 0 Å². The van der Waals surface area contributed by atoms with E-state index in [1.165, 1.54) is 29.5 Å². The Hall–Kier alpha value is -1.08. The Morgan fingerprint density at radius 2 is 2.38 bits per heavy atom. The van der Waals surface area contributed by atoms with Crippen molar-refractivity contribution in [1.29, 1.82) is 0 Å². The van der Waals surface area contributed by atoms with Crippen molar-refractivity contribution in [3.8, 4) is 0 Å². The van der Waals surface area contributed by atoms with Gasteiger partial charge in [-0.1, -0.05) is 30.9 Å². The van der Waals surface area contributed by atoms with E-state index in [1.807, 2.05) is 13.1 Å². The molecule has 0 saturated heterocycles. The molecule has 1 unspecified atom stereocenters. The average molecular weight is 173 g/mol. The fourth-order valence-corrected chi connectivity index (χ4v) is 2.17. The molecule has 0 amide bonds.